The summed E-state index contributed by atoms with van der Waals surface area (Å²) in [6.07, 6.45) is 0.716. The lowest BCUT2D eigenvalue weighted by atomic mass is 10.1. The molecule has 1 saturated carbocycles. The molecule has 0 heterocycles. The van der Waals surface area contributed by atoms with E-state index in [0.29, 0.717) is 5.92 Å². The van der Waals surface area contributed by atoms with Crippen molar-refractivity contribution in [3.8, 4) is 0 Å². The number of nitrogen functional groups attached to an aromatic ring is 1. The molecule has 0 spiro atoms. The Hall–Kier alpha value is -1.02. The Morgan fingerprint density at radius 3 is 2.55 bits per heavy atom. The number of aliphatic hydroxyl groups excluding tert-OH is 1. The Morgan fingerprint density at radius 2 is 2.00 bits per heavy atom. The van der Waals surface area contributed by atoms with E-state index in [1.165, 1.54) is 0 Å². The van der Waals surface area contributed by atoms with E-state index in [2.05, 4.69) is 0 Å². The highest BCUT2D eigenvalue weighted by atomic mass is 16.3. The largest absolute Gasteiger partial charge is 0.398 e. The summed E-state index contributed by atoms with van der Waals surface area (Å²) < 4.78 is 0. The van der Waals surface area contributed by atoms with Gasteiger partial charge in [0.2, 0.25) is 0 Å². The first-order valence-corrected chi connectivity index (χ1v) is 3.81. The standard InChI is InChI=1S/C9H11NO/c10-8-4-2-1-3-6(8)7-5-9(7)11/h1-4,7,9,11H,5,10H2. The molecule has 0 saturated heterocycles. The van der Waals surface area contributed by atoms with E-state index in [1.54, 1.807) is 0 Å². The van der Waals surface area contributed by atoms with Gasteiger partial charge >= 0.3 is 0 Å². The van der Waals surface area contributed by atoms with Gasteiger partial charge in [-0.3, -0.25) is 0 Å². The van der Waals surface area contributed by atoms with E-state index in [-0.39, 0.29) is 6.10 Å². The van der Waals surface area contributed by atoms with Crippen molar-refractivity contribution in [1.82, 2.24) is 0 Å². The van der Waals surface area contributed by atoms with Crippen molar-refractivity contribution >= 4 is 5.69 Å². The van der Waals surface area contributed by atoms with Crippen LogP contribution in [0.25, 0.3) is 0 Å². The monoisotopic (exact) mass is 149 g/mol. The highest BCUT2D eigenvalue weighted by Gasteiger charge is 2.37. The summed E-state index contributed by atoms with van der Waals surface area (Å²) in [5.74, 6) is 0.302. The van der Waals surface area contributed by atoms with Crippen molar-refractivity contribution in [2.75, 3.05) is 5.73 Å². The summed E-state index contributed by atoms with van der Waals surface area (Å²) in [5, 5.41) is 9.15. The normalized spacial score (nSPS) is 28.5. The maximum atomic E-state index is 9.15. The predicted octanol–water partition coefficient (Wildman–Crippen LogP) is 1.12. The summed E-state index contributed by atoms with van der Waals surface area (Å²) in [5.41, 5.74) is 7.61. The fourth-order valence-electron chi connectivity index (χ4n) is 1.36. The van der Waals surface area contributed by atoms with E-state index < -0.39 is 0 Å². The van der Waals surface area contributed by atoms with Gasteiger partial charge in [0.05, 0.1) is 6.10 Å². The lowest BCUT2D eigenvalue weighted by Gasteiger charge is -2.01. The van der Waals surface area contributed by atoms with Gasteiger partial charge in [0.1, 0.15) is 0 Å². The summed E-state index contributed by atoms with van der Waals surface area (Å²) in [6, 6.07) is 7.72. The maximum absolute atomic E-state index is 9.15. The number of anilines is 1. The number of hydrogen-bond acceptors (Lipinski definition) is 2. The number of hydrogen-bond donors (Lipinski definition) is 2. The van der Waals surface area contributed by atoms with Gasteiger partial charge in [0.15, 0.2) is 0 Å². The minimum absolute atomic E-state index is 0.153. The molecule has 2 heteroatoms. The Kier molecular flexibility index (Phi) is 1.36. The Bertz CT molecular complexity index is 272. The smallest absolute Gasteiger partial charge is 0.0617 e. The van der Waals surface area contributed by atoms with Crippen molar-refractivity contribution in [3.05, 3.63) is 29.8 Å². The van der Waals surface area contributed by atoms with Crippen LogP contribution in [0.15, 0.2) is 24.3 Å². The molecule has 1 aliphatic rings. The topological polar surface area (TPSA) is 46.2 Å². The zero-order valence-electron chi connectivity index (χ0n) is 6.20. The third-order valence-electron chi connectivity index (χ3n) is 2.15. The number of nitrogens with two attached hydrogens (primary N) is 1. The number of aliphatic hydroxyl groups is 1. The average Bonchev–Trinajstić information content (AvgIpc) is 2.68. The molecular formula is C9H11NO. The van der Waals surface area contributed by atoms with Gasteiger partial charge in [0.25, 0.3) is 0 Å². The lowest BCUT2D eigenvalue weighted by Crippen LogP contribution is -1.93. The molecule has 0 bridgehead atoms. The molecule has 0 amide bonds. The van der Waals surface area contributed by atoms with Crippen LogP contribution in [-0.2, 0) is 0 Å². The first-order chi connectivity index (χ1) is 5.29. The molecule has 2 rings (SSSR count). The van der Waals surface area contributed by atoms with Crippen molar-refractivity contribution in [1.29, 1.82) is 0 Å². The third-order valence-corrected chi connectivity index (χ3v) is 2.15. The van der Waals surface area contributed by atoms with Gasteiger partial charge in [-0.25, -0.2) is 0 Å². The van der Waals surface area contributed by atoms with Crippen molar-refractivity contribution < 1.29 is 5.11 Å². The van der Waals surface area contributed by atoms with Crippen LogP contribution in [0.4, 0.5) is 5.69 Å². The summed E-state index contributed by atoms with van der Waals surface area (Å²) in [6.45, 7) is 0. The molecule has 0 aromatic heterocycles. The van der Waals surface area contributed by atoms with E-state index in [0.717, 1.165) is 17.7 Å². The molecular weight excluding hydrogens is 138 g/mol. The van der Waals surface area contributed by atoms with Crippen LogP contribution in [0.5, 0.6) is 0 Å². The number of rotatable bonds is 1. The highest BCUT2D eigenvalue weighted by molar-refractivity contribution is 5.50. The van der Waals surface area contributed by atoms with Gasteiger partial charge < -0.3 is 10.8 Å². The fourth-order valence-corrected chi connectivity index (χ4v) is 1.36. The van der Waals surface area contributed by atoms with Crippen molar-refractivity contribution in [2.45, 2.75) is 18.4 Å². The minimum Gasteiger partial charge on any atom is -0.398 e. The van der Waals surface area contributed by atoms with Crippen molar-refractivity contribution in [3.63, 3.8) is 0 Å². The maximum Gasteiger partial charge on any atom is 0.0617 e. The van der Waals surface area contributed by atoms with E-state index in [1.807, 2.05) is 24.3 Å². The molecule has 1 aromatic rings. The van der Waals surface area contributed by atoms with Crippen molar-refractivity contribution in [2.24, 2.45) is 0 Å². The molecule has 3 N–H and O–H groups in total. The predicted molar refractivity (Wildman–Crippen MR) is 44.2 cm³/mol. The van der Waals surface area contributed by atoms with Gasteiger partial charge in [-0.2, -0.15) is 0 Å². The lowest BCUT2D eigenvalue weighted by molar-refractivity contribution is 0.272. The van der Waals surface area contributed by atoms with E-state index in [4.69, 9.17) is 10.8 Å². The van der Waals surface area contributed by atoms with Crippen LogP contribution in [0, 0.1) is 0 Å². The second-order valence-electron chi connectivity index (χ2n) is 3.04. The average molecular weight is 149 g/mol. The summed E-state index contributed by atoms with van der Waals surface area (Å²) >= 11 is 0. The summed E-state index contributed by atoms with van der Waals surface area (Å²) in [4.78, 5) is 0. The zero-order valence-corrected chi connectivity index (χ0v) is 6.20. The van der Waals surface area contributed by atoms with Crippen LogP contribution in [0.1, 0.15) is 17.9 Å². The quantitative estimate of drug-likeness (QED) is 0.588. The Morgan fingerprint density at radius 1 is 1.36 bits per heavy atom. The molecule has 2 unspecified atom stereocenters. The van der Waals surface area contributed by atoms with Crippen LogP contribution in [0.3, 0.4) is 0 Å². The molecule has 1 aromatic carbocycles. The van der Waals surface area contributed by atoms with Gasteiger partial charge in [-0.05, 0) is 18.1 Å². The van der Waals surface area contributed by atoms with E-state index >= 15 is 0 Å². The zero-order chi connectivity index (χ0) is 7.84. The van der Waals surface area contributed by atoms with Gasteiger partial charge in [-0.1, -0.05) is 18.2 Å². The Balaban J connectivity index is 2.31. The number of benzene rings is 1. The molecule has 2 nitrogen and oxygen atoms in total. The summed E-state index contributed by atoms with van der Waals surface area (Å²) in [7, 11) is 0. The second-order valence-corrected chi connectivity index (χ2v) is 3.04. The molecule has 0 radical (unpaired) electrons. The molecule has 11 heavy (non-hydrogen) atoms. The molecule has 1 fully saturated rings. The van der Waals surface area contributed by atoms with Crippen LogP contribution in [-0.4, -0.2) is 11.2 Å². The Labute approximate surface area is 65.7 Å². The first kappa shape index (κ1) is 6.68. The van der Waals surface area contributed by atoms with Crippen LogP contribution >= 0.6 is 0 Å². The highest BCUT2D eigenvalue weighted by Crippen LogP contribution is 2.42. The third kappa shape index (κ3) is 1.10. The molecule has 58 valence electrons. The van der Waals surface area contributed by atoms with Crippen LogP contribution in [0.2, 0.25) is 0 Å². The van der Waals surface area contributed by atoms with Crippen LogP contribution < -0.4 is 5.73 Å². The van der Waals surface area contributed by atoms with E-state index in [9.17, 15) is 0 Å². The SMILES string of the molecule is Nc1ccccc1C1CC1O. The van der Waals surface area contributed by atoms with Gasteiger partial charge in [-0.15, -0.1) is 0 Å². The number of para-hydroxylation sites is 1. The first-order valence-electron chi connectivity index (χ1n) is 3.81. The second kappa shape index (κ2) is 2.24. The van der Waals surface area contributed by atoms with Gasteiger partial charge in [0, 0.05) is 11.6 Å². The molecule has 0 aliphatic heterocycles. The molecule has 1 aliphatic carbocycles. The fraction of sp³-hybridized carbons (Fsp3) is 0.333. The molecule has 2 atom stereocenters. The minimum atomic E-state index is -0.153.